The molecule has 6 heteroatoms. The van der Waals surface area contributed by atoms with Crippen molar-refractivity contribution in [1.82, 2.24) is 5.32 Å². The normalized spacial score (nSPS) is 9.94. The minimum absolute atomic E-state index is 0.0918. The Hall–Kier alpha value is -1.79. The van der Waals surface area contributed by atoms with Crippen LogP contribution in [0.1, 0.15) is 12.0 Å². The van der Waals surface area contributed by atoms with Crippen molar-refractivity contribution in [2.75, 3.05) is 25.5 Å². The lowest BCUT2D eigenvalue weighted by atomic mass is 10.2. The molecule has 0 aromatic heterocycles. The van der Waals surface area contributed by atoms with Crippen molar-refractivity contribution < 1.29 is 14.6 Å². The Morgan fingerprint density at radius 2 is 2.28 bits per heavy atom. The minimum atomic E-state index is -0.339. The molecule has 18 heavy (non-hydrogen) atoms. The molecule has 0 spiro atoms. The number of benzene rings is 1. The van der Waals surface area contributed by atoms with Crippen molar-refractivity contribution in [3.05, 3.63) is 23.8 Å². The molecule has 0 unspecified atom stereocenters. The summed E-state index contributed by atoms with van der Waals surface area (Å²) in [5.74, 6) is 0.559. The highest BCUT2D eigenvalue weighted by molar-refractivity contribution is 5.90. The second-order valence-electron chi connectivity index (χ2n) is 3.68. The number of carbonyl (C=O) groups is 1. The summed E-state index contributed by atoms with van der Waals surface area (Å²) in [5, 5.41) is 14.2. The molecule has 100 valence electrons. The van der Waals surface area contributed by atoms with E-state index in [2.05, 4.69) is 10.6 Å². The summed E-state index contributed by atoms with van der Waals surface area (Å²) in [4.78, 5) is 11.3. The maximum Gasteiger partial charge on any atom is 0.319 e. The van der Waals surface area contributed by atoms with Crippen molar-refractivity contribution in [2.24, 2.45) is 5.73 Å². The van der Waals surface area contributed by atoms with Crippen LogP contribution in [0.4, 0.5) is 10.5 Å². The molecule has 1 aromatic rings. The molecule has 0 heterocycles. The lowest BCUT2D eigenvalue weighted by Crippen LogP contribution is -2.25. The molecule has 0 aliphatic rings. The Balaban J connectivity index is 2.82. The number of carbonyl (C=O) groups excluding carboxylic acids is 1. The van der Waals surface area contributed by atoms with Gasteiger partial charge in [-0.25, -0.2) is 4.79 Å². The van der Waals surface area contributed by atoms with E-state index in [9.17, 15) is 4.79 Å². The van der Waals surface area contributed by atoms with Gasteiger partial charge in [0.05, 0.1) is 18.9 Å². The Bertz CT molecular complexity index is 396. The lowest BCUT2D eigenvalue weighted by Gasteiger charge is -2.13. The maximum atomic E-state index is 11.3. The van der Waals surface area contributed by atoms with Gasteiger partial charge in [-0.1, -0.05) is 6.07 Å². The standard InChI is InChI=1S/C12H19N3O3/c1-14-12(17)15-10-7-9(8-16)3-4-11(10)18-6-2-5-13/h3-4,7,16H,2,5-6,8,13H2,1H3,(H2,14,15,17). The summed E-state index contributed by atoms with van der Waals surface area (Å²) in [6.45, 7) is 0.940. The van der Waals surface area contributed by atoms with Gasteiger partial charge in [-0.05, 0) is 30.7 Å². The van der Waals surface area contributed by atoms with E-state index in [-0.39, 0.29) is 12.6 Å². The third kappa shape index (κ3) is 4.23. The van der Waals surface area contributed by atoms with E-state index < -0.39 is 0 Å². The second kappa shape index (κ2) is 7.52. The van der Waals surface area contributed by atoms with Gasteiger partial charge in [-0.3, -0.25) is 0 Å². The first kappa shape index (κ1) is 14.3. The molecule has 5 N–H and O–H groups in total. The molecule has 6 nitrogen and oxygen atoms in total. The zero-order valence-corrected chi connectivity index (χ0v) is 10.4. The third-order valence-corrected chi connectivity index (χ3v) is 2.31. The van der Waals surface area contributed by atoms with Crippen LogP contribution >= 0.6 is 0 Å². The van der Waals surface area contributed by atoms with E-state index in [0.29, 0.717) is 30.2 Å². The fourth-order valence-corrected chi connectivity index (χ4v) is 1.35. The van der Waals surface area contributed by atoms with Gasteiger partial charge in [0.2, 0.25) is 0 Å². The van der Waals surface area contributed by atoms with Crippen LogP contribution < -0.4 is 21.1 Å². The number of rotatable bonds is 6. The largest absolute Gasteiger partial charge is 0.491 e. The molecule has 0 fully saturated rings. The van der Waals surface area contributed by atoms with Crippen molar-refractivity contribution in [1.29, 1.82) is 0 Å². The average Bonchev–Trinajstić information content (AvgIpc) is 2.40. The fourth-order valence-electron chi connectivity index (χ4n) is 1.35. The SMILES string of the molecule is CNC(=O)Nc1cc(CO)ccc1OCCCN. The van der Waals surface area contributed by atoms with Crippen molar-refractivity contribution in [3.63, 3.8) is 0 Å². The number of ether oxygens (including phenoxy) is 1. The first-order valence-corrected chi connectivity index (χ1v) is 5.76. The van der Waals surface area contributed by atoms with E-state index in [4.69, 9.17) is 15.6 Å². The van der Waals surface area contributed by atoms with Gasteiger partial charge < -0.3 is 26.2 Å². The van der Waals surface area contributed by atoms with Gasteiger partial charge in [0.25, 0.3) is 0 Å². The van der Waals surface area contributed by atoms with Crippen LogP contribution in [0, 0.1) is 0 Å². The van der Waals surface area contributed by atoms with Crippen LogP contribution in [0.3, 0.4) is 0 Å². The minimum Gasteiger partial charge on any atom is -0.491 e. The van der Waals surface area contributed by atoms with Crippen molar-refractivity contribution in [2.45, 2.75) is 13.0 Å². The highest BCUT2D eigenvalue weighted by Gasteiger charge is 2.08. The van der Waals surface area contributed by atoms with Gasteiger partial charge in [-0.2, -0.15) is 0 Å². The molecule has 2 amide bonds. The second-order valence-corrected chi connectivity index (χ2v) is 3.68. The maximum absolute atomic E-state index is 11.3. The van der Waals surface area contributed by atoms with Gasteiger partial charge in [0.15, 0.2) is 0 Å². The van der Waals surface area contributed by atoms with Crippen LogP contribution in [-0.2, 0) is 6.61 Å². The lowest BCUT2D eigenvalue weighted by molar-refractivity contribution is 0.253. The van der Waals surface area contributed by atoms with Gasteiger partial charge in [0.1, 0.15) is 5.75 Å². The van der Waals surface area contributed by atoms with E-state index in [1.807, 2.05) is 0 Å². The van der Waals surface area contributed by atoms with Crippen molar-refractivity contribution in [3.8, 4) is 5.75 Å². The molecule has 0 radical (unpaired) electrons. The predicted molar refractivity (Wildman–Crippen MR) is 69.6 cm³/mol. The predicted octanol–water partition coefficient (Wildman–Crippen LogP) is 0.658. The fraction of sp³-hybridized carbons (Fsp3) is 0.417. The monoisotopic (exact) mass is 253 g/mol. The molecule has 0 atom stereocenters. The molecule has 1 rings (SSSR count). The molecule has 0 aliphatic carbocycles. The smallest absolute Gasteiger partial charge is 0.319 e. The molecular weight excluding hydrogens is 234 g/mol. The third-order valence-electron chi connectivity index (χ3n) is 2.31. The average molecular weight is 253 g/mol. The van der Waals surface area contributed by atoms with Crippen LogP contribution in [0.25, 0.3) is 0 Å². The first-order valence-electron chi connectivity index (χ1n) is 5.76. The van der Waals surface area contributed by atoms with Gasteiger partial charge in [0, 0.05) is 7.05 Å². The van der Waals surface area contributed by atoms with Crippen LogP contribution in [0.5, 0.6) is 5.75 Å². The number of aliphatic hydroxyl groups is 1. The van der Waals surface area contributed by atoms with Gasteiger partial charge >= 0.3 is 6.03 Å². The van der Waals surface area contributed by atoms with E-state index >= 15 is 0 Å². The topological polar surface area (TPSA) is 96.6 Å². The molecule has 1 aromatic carbocycles. The summed E-state index contributed by atoms with van der Waals surface area (Å²) in [7, 11) is 1.53. The molecule has 0 saturated heterocycles. The van der Waals surface area contributed by atoms with E-state index in [1.54, 1.807) is 18.2 Å². The van der Waals surface area contributed by atoms with Crippen molar-refractivity contribution >= 4 is 11.7 Å². The number of hydrogen-bond acceptors (Lipinski definition) is 4. The van der Waals surface area contributed by atoms with Crippen LogP contribution in [-0.4, -0.2) is 31.3 Å². The Morgan fingerprint density at radius 1 is 1.50 bits per heavy atom. The molecule has 0 saturated carbocycles. The Labute approximate surface area is 106 Å². The summed E-state index contributed by atoms with van der Waals surface area (Å²) in [6.07, 6.45) is 0.737. The number of nitrogens with two attached hydrogens (primary N) is 1. The summed E-state index contributed by atoms with van der Waals surface area (Å²) < 4.78 is 5.52. The Morgan fingerprint density at radius 3 is 2.89 bits per heavy atom. The van der Waals surface area contributed by atoms with Crippen LogP contribution in [0.15, 0.2) is 18.2 Å². The van der Waals surface area contributed by atoms with Crippen LogP contribution in [0.2, 0.25) is 0 Å². The zero-order chi connectivity index (χ0) is 13.4. The molecular formula is C12H19N3O3. The summed E-state index contributed by atoms with van der Waals surface area (Å²) in [6, 6.07) is 4.79. The number of urea groups is 1. The zero-order valence-electron chi connectivity index (χ0n) is 10.4. The first-order chi connectivity index (χ1) is 8.71. The quantitative estimate of drug-likeness (QED) is 0.560. The van der Waals surface area contributed by atoms with E-state index in [0.717, 1.165) is 6.42 Å². The number of aliphatic hydroxyl groups excluding tert-OH is 1. The number of hydrogen-bond donors (Lipinski definition) is 4. The Kier molecular flexibility index (Phi) is 5.96. The summed E-state index contributed by atoms with van der Waals surface area (Å²) in [5.41, 5.74) is 6.61. The highest BCUT2D eigenvalue weighted by Crippen LogP contribution is 2.26. The summed E-state index contributed by atoms with van der Waals surface area (Å²) >= 11 is 0. The number of amides is 2. The molecule has 0 bridgehead atoms. The highest BCUT2D eigenvalue weighted by atomic mass is 16.5. The van der Waals surface area contributed by atoms with Gasteiger partial charge in [-0.15, -0.1) is 0 Å². The van der Waals surface area contributed by atoms with E-state index in [1.165, 1.54) is 7.05 Å². The molecule has 0 aliphatic heterocycles. The number of nitrogens with one attached hydrogen (secondary N) is 2. The number of anilines is 1.